The van der Waals surface area contributed by atoms with Gasteiger partial charge in [0, 0.05) is 6.04 Å². The van der Waals surface area contributed by atoms with E-state index in [4.69, 9.17) is 26.1 Å². The van der Waals surface area contributed by atoms with E-state index in [1.165, 1.54) is 7.11 Å². The highest BCUT2D eigenvalue weighted by molar-refractivity contribution is 7.80. The molecule has 8 nitrogen and oxygen atoms in total. The van der Waals surface area contributed by atoms with Crippen molar-refractivity contribution in [1.82, 2.24) is 10.7 Å². The van der Waals surface area contributed by atoms with E-state index in [1.54, 1.807) is 24.4 Å². The van der Waals surface area contributed by atoms with Crippen molar-refractivity contribution in [3.63, 3.8) is 0 Å². The maximum atomic E-state index is 11.5. The molecule has 2 N–H and O–H groups in total. The van der Waals surface area contributed by atoms with Crippen LogP contribution in [0.3, 0.4) is 0 Å². The highest BCUT2D eigenvalue weighted by atomic mass is 32.1. The topological polar surface area (TPSA) is 94.3 Å². The van der Waals surface area contributed by atoms with Gasteiger partial charge in [0.25, 0.3) is 0 Å². The molecule has 2 aromatic rings. The van der Waals surface area contributed by atoms with E-state index in [2.05, 4.69) is 20.6 Å². The van der Waals surface area contributed by atoms with Gasteiger partial charge >= 0.3 is 5.97 Å². The molecule has 0 amide bonds. The third-order valence-corrected chi connectivity index (χ3v) is 3.69. The van der Waals surface area contributed by atoms with E-state index in [-0.39, 0.29) is 18.4 Å². The van der Waals surface area contributed by atoms with Crippen molar-refractivity contribution in [2.45, 2.75) is 33.4 Å². The van der Waals surface area contributed by atoms with E-state index in [0.717, 1.165) is 5.56 Å². The minimum Gasteiger partial charge on any atom is -0.490 e. The number of nitrogens with zero attached hydrogens (tertiary/aromatic N) is 1. The van der Waals surface area contributed by atoms with Crippen molar-refractivity contribution in [3.05, 3.63) is 47.4 Å². The molecule has 29 heavy (non-hydrogen) atoms. The largest absolute Gasteiger partial charge is 0.490 e. The van der Waals surface area contributed by atoms with Gasteiger partial charge in [-0.05, 0) is 68.9 Å². The molecule has 0 saturated carbocycles. The number of hydrazone groups is 1. The highest BCUT2D eigenvalue weighted by Crippen LogP contribution is 2.29. The first-order valence-corrected chi connectivity index (χ1v) is 9.50. The molecule has 0 spiro atoms. The predicted octanol–water partition coefficient (Wildman–Crippen LogP) is 3.25. The minimum atomic E-state index is -0.536. The summed E-state index contributed by atoms with van der Waals surface area (Å²) in [5, 5.41) is 7.60. The number of hydrogen-bond donors (Lipinski definition) is 2. The Labute approximate surface area is 175 Å². The van der Waals surface area contributed by atoms with Gasteiger partial charge in [0.2, 0.25) is 5.76 Å². The van der Waals surface area contributed by atoms with Crippen LogP contribution in [0, 0.1) is 0 Å². The lowest BCUT2D eigenvalue weighted by Crippen LogP contribution is -2.36. The molecule has 0 atom stereocenters. The van der Waals surface area contributed by atoms with E-state index in [9.17, 15) is 4.79 Å². The SMILES string of the molecule is CCOc1cc(/C=N\NC(=S)NC(C)C)ccc1OCc1ccc(C(=O)OC)o1. The Hall–Kier alpha value is -3.07. The van der Waals surface area contributed by atoms with Crippen LogP contribution >= 0.6 is 12.2 Å². The molecule has 1 heterocycles. The van der Waals surface area contributed by atoms with Gasteiger partial charge in [-0.15, -0.1) is 0 Å². The van der Waals surface area contributed by atoms with Gasteiger partial charge in [-0.25, -0.2) is 4.79 Å². The number of benzene rings is 1. The zero-order chi connectivity index (χ0) is 21.2. The Balaban J connectivity index is 2.02. The van der Waals surface area contributed by atoms with Crippen molar-refractivity contribution in [2.24, 2.45) is 5.10 Å². The Morgan fingerprint density at radius 2 is 2.03 bits per heavy atom. The smallest absolute Gasteiger partial charge is 0.373 e. The number of rotatable bonds is 9. The maximum absolute atomic E-state index is 11.5. The summed E-state index contributed by atoms with van der Waals surface area (Å²) in [6.07, 6.45) is 1.63. The number of furan rings is 1. The molecular formula is C20H25N3O5S. The minimum absolute atomic E-state index is 0.125. The molecule has 0 radical (unpaired) electrons. The number of carbonyl (C=O) groups is 1. The molecule has 0 aliphatic rings. The summed E-state index contributed by atoms with van der Waals surface area (Å²) >= 11 is 5.12. The molecule has 2 rings (SSSR count). The van der Waals surface area contributed by atoms with Crippen LogP contribution in [0.2, 0.25) is 0 Å². The van der Waals surface area contributed by atoms with Crippen LogP contribution in [0.25, 0.3) is 0 Å². The summed E-state index contributed by atoms with van der Waals surface area (Å²) in [7, 11) is 1.30. The zero-order valence-electron chi connectivity index (χ0n) is 16.9. The number of ether oxygens (including phenoxy) is 3. The fraction of sp³-hybridized carbons (Fsp3) is 0.350. The summed E-state index contributed by atoms with van der Waals surface area (Å²) in [5.41, 5.74) is 3.57. The second-order valence-electron chi connectivity index (χ2n) is 6.18. The molecular weight excluding hydrogens is 394 g/mol. The van der Waals surface area contributed by atoms with Crippen LogP contribution in [0.15, 0.2) is 39.9 Å². The van der Waals surface area contributed by atoms with Gasteiger partial charge in [0.15, 0.2) is 16.6 Å². The molecule has 0 bridgehead atoms. The first-order chi connectivity index (χ1) is 13.9. The lowest BCUT2D eigenvalue weighted by atomic mass is 10.2. The van der Waals surface area contributed by atoms with Crippen molar-refractivity contribution in [3.8, 4) is 11.5 Å². The molecule has 0 aliphatic carbocycles. The maximum Gasteiger partial charge on any atom is 0.373 e. The second kappa shape index (κ2) is 11.1. The molecule has 156 valence electrons. The van der Waals surface area contributed by atoms with Crippen molar-refractivity contribution in [1.29, 1.82) is 0 Å². The molecule has 0 saturated heterocycles. The van der Waals surface area contributed by atoms with Crippen LogP contribution in [0.5, 0.6) is 11.5 Å². The fourth-order valence-corrected chi connectivity index (χ4v) is 2.56. The van der Waals surface area contributed by atoms with Gasteiger partial charge in [-0.3, -0.25) is 5.43 Å². The number of thiocarbonyl (C=S) groups is 1. The number of hydrogen-bond acceptors (Lipinski definition) is 7. The standard InChI is InChI=1S/C20H25N3O5S/c1-5-26-18-10-14(11-21-23-20(29)22-13(2)3)6-8-16(18)27-12-15-7-9-17(28-15)19(24)25-4/h6-11,13H,5,12H2,1-4H3,(H2,22,23,29)/b21-11-. The number of esters is 1. The average molecular weight is 420 g/mol. The monoisotopic (exact) mass is 419 g/mol. The number of methoxy groups -OCH3 is 1. The number of carbonyl (C=O) groups excluding carboxylic acids is 1. The van der Waals surface area contributed by atoms with E-state index in [0.29, 0.717) is 29.0 Å². The quantitative estimate of drug-likeness (QED) is 0.277. The second-order valence-corrected chi connectivity index (χ2v) is 6.59. The Bertz CT molecular complexity index is 864. The van der Waals surface area contributed by atoms with Crippen LogP contribution in [0.4, 0.5) is 0 Å². The van der Waals surface area contributed by atoms with Gasteiger partial charge < -0.3 is 23.9 Å². The summed E-state index contributed by atoms with van der Waals surface area (Å²) < 4.78 is 21.5. The summed E-state index contributed by atoms with van der Waals surface area (Å²) in [6, 6.07) is 8.85. The van der Waals surface area contributed by atoms with Gasteiger partial charge in [0.05, 0.1) is 19.9 Å². The summed E-state index contributed by atoms with van der Waals surface area (Å²) in [6.45, 7) is 6.48. The van der Waals surface area contributed by atoms with Crippen LogP contribution < -0.4 is 20.2 Å². The normalized spacial score (nSPS) is 10.8. The van der Waals surface area contributed by atoms with Crippen molar-refractivity contribution in [2.75, 3.05) is 13.7 Å². The first kappa shape index (κ1) is 22.2. The third-order valence-electron chi connectivity index (χ3n) is 3.49. The van der Waals surface area contributed by atoms with Gasteiger partial charge in [0.1, 0.15) is 12.4 Å². The Morgan fingerprint density at radius 3 is 2.72 bits per heavy atom. The lowest BCUT2D eigenvalue weighted by Gasteiger charge is -2.12. The lowest BCUT2D eigenvalue weighted by molar-refractivity contribution is 0.0561. The fourth-order valence-electron chi connectivity index (χ4n) is 2.27. The van der Waals surface area contributed by atoms with Crippen molar-refractivity contribution >= 4 is 29.5 Å². The van der Waals surface area contributed by atoms with Gasteiger partial charge in [-0.1, -0.05) is 0 Å². The zero-order valence-corrected chi connectivity index (χ0v) is 17.7. The molecule has 0 unspecified atom stereocenters. The van der Waals surface area contributed by atoms with Gasteiger partial charge in [-0.2, -0.15) is 5.10 Å². The Kier molecular flexibility index (Phi) is 8.47. The molecule has 1 aromatic carbocycles. The molecule has 0 aliphatic heterocycles. The average Bonchev–Trinajstić information content (AvgIpc) is 3.15. The van der Waals surface area contributed by atoms with E-state index < -0.39 is 5.97 Å². The third kappa shape index (κ3) is 7.11. The van der Waals surface area contributed by atoms with Crippen LogP contribution in [-0.2, 0) is 11.3 Å². The highest BCUT2D eigenvalue weighted by Gasteiger charge is 2.12. The predicted molar refractivity (Wildman–Crippen MR) is 114 cm³/mol. The molecule has 9 heteroatoms. The van der Waals surface area contributed by atoms with Crippen molar-refractivity contribution < 1.29 is 23.4 Å². The summed E-state index contributed by atoms with van der Waals surface area (Å²) in [4.78, 5) is 11.5. The molecule has 0 fully saturated rings. The summed E-state index contributed by atoms with van der Waals surface area (Å²) in [5.74, 6) is 1.20. The number of nitrogens with one attached hydrogen (secondary N) is 2. The van der Waals surface area contributed by atoms with Crippen LogP contribution in [-0.4, -0.2) is 37.1 Å². The Morgan fingerprint density at radius 1 is 1.24 bits per heavy atom. The van der Waals surface area contributed by atoms with Crippen LogP contribution in [0.1, 0.15) is 42.6 Å². The van der Waals surface area contributed by atoms with E-state index >= 15 is 0 Å². The van der Waals surface area contributed by atoms with E-state index in [1.807, 2.05) is 32.9 Å². The molecule has 1 aromatic heterocycles. The first-order valence-electron chi connectivity index (χ1n) is 9.09.